The van der Waals surface area contributed by atoms with Gasteiger partial charge in [-0.2, -0.15) is 0 Å². The number of Topliss-reactive ketones (excluding diaryl/α,β-unsaturated/α-hetero) is 4. The Morgan fingerprint density at radius 2 is 1.84 bits per heavy atom. The quantitative estimate of drug-likeness (QED) is 0.512. The van der Waals surface area contributed by atoms with Crippen LogP contribution in [0.4, 0.5) is 0 Å². The summed E-state index contributed by atoms with van der Waals surface area (Å²) in [4.78, 5) is 66.0. The number of likely N-dealkylation sites (N-methyl/N-ethyl adjacent to an activating group) is 1. The number of carbonyl (C=O) groups is 5. The zero-order valence-electron chi connectivity index (χ0n) is 16.8. The second-order valence-electron chi connectivity index (χ2n) is 8.71. The van der Waals surface area contributed by atoms with Gasteiger partial charge in [0.05, 0.1) is 17.5 Å². The van der Waals surface area contributed by atoms with E-state index in [0.717, 1.165) is 0 Å². The van der Waals surface area contributed by atoms with E-state index in [1.807, 2.05) is 0 Å². The summed E-state index contributed by atoms with van der Waals surface area (Å²) in [5.74, 6) is -10.7. The van der Waals surface area contributed by atoms with Gasteiger partial charge < -0.3 is 15.9 Å². The minimum absolute atomic E-state index is 0.00409. The molecule has 4 rings (SSSR count). The van der Waals surface area contributed by atoms with Gasteiger partial charge in [0.2, 0.25) is 5.91 Å². The number of rotatable bonds is 2. The number of aliphatic hydroxyl groups is 1. The maximum Gasteiger partial charge on any atom is 0.235 e. The van der Waals surface area contributed by atoms with Gasteiger partial charge in [0.25, 0.3) is 0 Å². The van der Waals surface area contributed by atoms with Crippen molar-refractivity contribution >= 4 is 40.6 Å². The second kappa shape index (κ2) is 6.94. The molecule has 1 amide bonds. The van der Waals surface area contributed by atoms with Gasteiger partial charge in [-0.25, -0.2) is 0 Å². The van der Waals surface area contributed by atoms with E-state index in [-0.39, 0.29) is 29.2 Å². The fourth-order valence-electron chi connectivity index (χ4n) is 5.57. The van der Waals surface area contributed by atoms with Crippen LogP contribution in [-0.4, -0.2) is 69.9 Å². The molecule has 9 nitrogen and oxygen atoms in total. The molecule has 1 aromatic rings. The Balaban J connectivity index is 1.88. The van der Waals surface area contributed by atoms with Gasteiger partial charge in [-0.15, -0.1) is 0 Å². The van der Waals surface area contributed by atoms with Gasteiger partial charge in [0.1, 0.15) is 5.75 Å². The van der Waals surface area contributed by atoms with E-state index in [4.69, 9.17) is 17.3 Å². The summed E-state index contributed by atoms with van der Waals surface area (Å²) in [6.45, 7) is 0. The molecule has 0 radical (unpaired) electrons. The van der Waals surface area contributed by atoms with E-state index in [9.17, 15) is 34.2 Å². The summed E-state index contributed by atoms with van der Waals surface area (Å²) in [7, 11) is 3.06. The number of ketones is 4. The summed E-state index contributed by atoms with van der Waals surface area (Å²) in [6, 6.07) is 1.55. The first-order valence-electron chi connectivity index (χ1n) is 9.77. The Labute approximate surface area is 182 Å². The van der Waals surface area contributed by atoms with E-state index in [0.29, 0.717) is 5.56 Å². The van der Waals surface area contributed by atoms with E-state index in [2.05, 4.69) is 0 Å². The maximum absolute atomic E-state index is 13.5. The fourth-order valence-corrected chi connectivity index (χ4v) is 5.80. The lowest BCUT2D eigenvalue weighted by Crippen LogP contribution is -2.74. The number of hydrogen-bond donors (Lipinski definition) is 3. The van der Waals surface area contributed by atoms with Gasteiger partial charge in [-0.3, -0.25) is 28.9 Å². The zero-order chi connectivity index (χ0) is 23.0. The van der Waals surface area contributed by atoms with Crippen molar-refractivity contribution in [1.29, 1.82) is 0 Å². The Hall–Kier alpha value is -2.62. The summed E-state index contributed by atoms with van der Waals surface area (Å²) < 4.78 is 0. The zero-order valence-corrected chi connectivity index (χ0v) is 17.5. The van der Waals surface area contributed by atoms with Crippen LogP contribution in [0.25, 0.3) is 0 Å². The lowest BCUT2D eigenvalue weighted by atomic mass is 9.52. The topological polar surface area (TPSA) is 155 Å². The van der Waals surface area contributed by atoms with E-state index in [1.54, 1.807) is 0 Å². The summed E-state index contributed by atoms with van der Waals surface area (Å²) in [5, 5.41) is 21.8. The molecule has 0 saturated heterocycles. The largest absolute Gasteiger partial charge is 0.507 e. The molecule has 0 bridgehead atoms. The molecule has 4 N–H and O–H groups in total. The molecule has 6 atom stereocenters. The molecule has 0 aromatic heterocycles. The lowest BCUT2D eigenvalue weighted by Gasteiger charge is -2.52. The van der Waals surface area contributed by atoms with Gasteiger partial charge in [0, 0.05) is 10.9 Å². The number of halogens is 1. The standard InChI is InChI=1S/C21H21ClN2O7/c1-24(2)15-9-6-7-5-8-10(22)3-4-11(25)13(8)16(26)12(7)18(28)21(9,31)19(29)14(17(15)27)20(23)30/h3-4,7,9,12,14-15,25,31H,5-6H2,1-2H3,(H2,23,30)/t7?,9-,12?,14?,15-,21-/m0/s1. The third-order valence-electron chi connectivity index (χ3n) is 6.89. The number of phenolic OH excluding ortho intramolecular Hbond substituents is 1. The first kappa shape index (κ1) is 21.6. The smallest absolute Gasteiger partial charge is 0.235 e. The average molecular weight is 449 g/mol. The number of hydrogen-bond acceptors (Lipinski definition) is 8. The fraction of sp³-hybridized carbons (Fsp3) is 0.476. The van der Waals surface area contributed by atoms with E-state index in [1.165, 1.54) is 31.1 Å². The highest BCUT2D eigenvalue weighted by molar-refractivity contribution is 6.34. The number of primary amides is 1. The number of fused-ring (bicyclic) bond motifs is 3. The van der Waals surface area contributed by atoms with Crippen LogP contribution in [-0.2, 0) is 25.6 Å². The maximum atomic E-state index is 13.5. The average Bonchev–Trinajstić information content (AvgIpc) is 2.67. The Morgan fingerprint density at radius 1 is 1.19 bits per heavy atom. The number of aromatic hydroxyl groups is 1. The predicted octanol–water partition coefficient (Wildman–Crippen LogP) is -0.480. The number of benzene rings is 1. The monoisotopic (exact) mass is 448 g/mol. The van der Waals surface area contributed by atoms with Crippen LogP contribution >= 0.6 is 11.6 Å². The molecule has 3 unspecified atom stereocenters. The van der Waals surface area contributed by atoms with E-state index < -0.39 is 64.4 Å². The number of phenols is 1. The minimum atomic E-state index is -2.72. The highest BCUT2D eigenvalue weighted by Crippen LogP contribution is 2.51. The molecule has 3 aliphatic carbocycles. The van der Waals surface area contributed by atoms with Gasteiger partial charge >= 0.3 is 0 Å². The molecule has 2 saturated carbocycles. The van der Waals surface area contributed by atoms with Crippen molar-refractivity contribution in [2.24, 2.45) is 29.4 Å². The predicted molar refractivity (Wildman–Crippen MR) is 106 cm³/mol. The molecule has 1 aromatic carbocycles. The van der Waals surface area contributed by atoms with Crippen molar-refractivity contribution < 1.29 is 34.2 Å². The summed E-state index contributed by atoms with van der Waals surface area (Å²) >= 11 is 6.23. The van der Waals surface area contributed by atoms with Crippen molar-refractivity contribution in [2.75, 3.05) is 14.1 Å². The molecular formula is C21H21ClN2O7. The number of nitrogens with two attached hydrogens (primary N) is 1. The first-order chi connectivity index (χ1) is 14.4. The summed E-state index contributed by atoms with van der Waals surface area (Å²) in [5.41, 5.74) is 2.82. The Bertz CT molecular complexity index is 1070. The van der Waals surface area contributed by atoms with Gasteiger partial charge in [-0.05, 0) is 50.6 Å². The highest BCUT2D eigenvalue weighted by atomic mass is 35.5. The molecular weight excluding hydrogens is 428 g/mol. The van der Waals surface area contributed by atoms with Crippen molar-refractivity contribution in [1.82, 2.24) is 4.90 Å². The molecule has 10 heteroatoms. The molecule has 164 valence electrons. The van der Waals surface area contributed by atoms with Crippen LogP contribution < -0.4 is 5.73 Å². The van der Waals surface area contributed by atoms with E-state index >= 15 is 0 Å². The van der Waals surface area contributed by atoms with Crippen molar-refractivity contribution in [2.45, 2.75) is 24.5 Å². The number of amides is 1. The highest BCUT2D eigenvalue weighted by Gasteiger charge is 2.69. The summed E-state index contributed by atoms with van der Waals surface area (Å²) in [6.07, 6.45) is 0.148. The van der Waals surface area contributed by atoms with Crippen LogP contribution in [0.5, 0.6) is 5.75 Å². The van der Waals surface area contributed by atoms with Crippen LogP contribution in [0.1, 0.15) is 22.3 Å². The Kier molecular flexibility index (Phi) is 4.84. The third-order valence-corrected chi connectivity index (χ3v) is 7.24. The molecule has 0 spiro atoms. The molecule has 31 heavy (non-hydrogen) atoms. The van der Waals surface area contributed by atoms with Crippen molar-refractivity contribution in [3.63, 3.8) is 0 Å². The Morgan fingerprint density at radius 3 is 2.42 bits per heavy atom. The van der Waals surface area contributed by atoms with Crippen LogP contribution in [0.3, 0.4) is 0 Å². The molecule has 0 aliphatic heterocycles. The van der Waals surface area contributed by atoms with Crippen LogP contribution in [0, 0.1) is 23.7 Å². The minimum Gasteiger partial charge on any atom is -0.507 e. The van der Waals surface area contributed by atoms with Crippen molar-refractivity contribution in [3.8, 4) is 5.75 Å². The number of carbonyl (C=O) groups excluding carboxylic acids is 5. The molecule has 0 heterocycles. The van der Waals surface area contributed by atoms with Gasteiger partial charge in [0.15, 0.2) is 34.7 Å². The second-order valence-corrected chi connectivity index (χ2v) is 9.12. The number of nitrogens with zero attached hydrogens (tertiary/aromatic N) is 1. The normalized spacial score (nSPS) is 34.9. The van der Waals surface area contributed by atoms with Crippen LogP contribution in [0.15, 0.2) is 12.1 Å². The molecule has 2 fully saturated rings. The lowest BCUT2D eigenvalue weighted by molar-refractivity contribution is -0.181. The molecule has 3 aliphatic rings. The SMILES string of the molecule is CN(C)[C@@H]1C(=O)C(C(N)=O)C(=O)[C@@]2(O)C(=O)C3C(=O)c4c(O)ccc(Cl)c4CC3C[C@@H]12. The third kappa shape index (κ3) is 2.73. The van der Waals surface area contributed by atoms with Crippen LogP contribution in [0.2, 0.25) is 5.02 Å². The first-order valence-corrected chi connectivity index (χ1v) is 10.2. The van der Waals surface area contributed by atoms with Gasteiger partial charge in [-0.1, -0.05) is 11.6 Å². The van der Waals surface area contributed by atoms with Crippen molar-refractivity contribution in [3.05, 3.63) is 28.3 Å².